The Labute approximate surface area is 117 Å². The van der Waals surface area contributed by atoms with Crippen LogP contribution in [0.15, 0.2) is 0 Å². The van der Waals surface area contributed by atoms with Gasteiger partial charge >= 0.3 is 0 Å². The summed E-state index contributed by atoms with van der Waals surface area (Å²) in [6.07, 6.45) is 0.673. The van der Waals surface area contributed by atoms with Gasteiger partial charge in [0.25, 0.3) is 5.91 Å². The number of β-amino-alcohol motifs (C(OH)–C–C–N with tert-alkyl or cyclic N) is 1. The lowest BCUT2D eigenvalue weighted by molar-refractivity contribution is 0.0563. The SMILES string of the molecule is Cc1nc(C(C)C)sc1C(=O)NC[C@@]1(O)CCNC1. The van der Waals surface area contributed by atoms with Crippen molar-refractivity contribution in [3.63, 3.8) is 0 Å². The van der Waals surface area contributed by atoms with Crippen molar-refractivity contribution in [2.24, 2.45) is 0 Å². The van der Waals surface area contributed by atoms with Crippen molar-refractivity contribution < 1.29 is 9.90 Å². The zero-order chi connectivity index (χ0) is 14.0. The van der Waals surface area contributed by atoms with Gasteiger partial charge in [0.2, 0.25) is 0 Å². The monoisotopic (exact) mass is 283 g/mol. The van der Waals surface area contributed by atoms with E-state index in [0.29, 0.717) is 23.8 Å². The van der Waals surface area contributed by atoms with Crippen molar-refractivity contribution in [3.8, 4) is 0 Å². The quantitative estimate of drug-likeness (QED) is 0.771. The standard InChI is InChI=1S/C13H21N3O2S/c1-8(2)12-16-9(3)10(19-12)11(17)15-7-13(18)4-5-14-6-13/h8,14,18H,4-7H2,1-3H3,(H,15,17)/t13-/m1/s1. The van der Waals surface area contributed by atoms with E-state index in [1.165, 1.54) is 11.3 Å². The molecular weight excluding hydrogens is 262 g/mol. The van der Waals surface area contributed by atoms with Gasteiger partial charge in [-0.15, -0.1) is 11.3 Å². The number of rotatable bonds is 4. The largest absolute Gasteiger partial charge is 0.387 e. The molecule has 5 nitrogen and oxygen atoms in total. The maximum absolute atomic E-state index is 12.1. The summed E-state index contributed by atoms with van der Waals surface area (Å²) in [7, 11) is 0. The lowest BCUT2D eigenvalue weighted by Gasteiger charge is -2.21. The maximum Gasteiger partial charge on any atom is 0.263 e. The number of amides is 1. The lowest BCUT2D eigenvalue weighted by atomic mass is 10.0. The molecule has 3 N–H and O–H groups in total. The van der Waals surface area contributed by atoms with Gasteiger partial charge in [-0.2, -0.15) is 0 Å². The molecule has 1 aliphatic heterocycles. The molecule has 6 heteroatoms. The topological polar surface area (TPSA) is 74.2 Å². The highest BCUT2D eigenvalue weighted by Gasteiger charge is 2.31. The summed E-state index contributed by atoms with van der Waals surface area (Å²) >= 11 is 1.44. The Balaban J connectivity index is 2.00. The zero-order valence-corrected chi connectivity index (χ0v) is 12.4. The first-order valence-corrected chi connectivity index (χ1v) is 7.41. The van der Waals surface area contributed by atoms with E-state index in [4.69, 9.17) is 0 Å². The van der Waals surface area contributed by atoms with Crippen molar-refractivity contribution in [3.05, 3.63) is 15.6 Å². The van der Waals surface area contributed by atoms with Crippen LogP contribution in [0.2, 0.25) is 0 Å². The molecule has 1 aromatic rings. The van der Waals surface area contributed by atoms with Gasteiger partial charge in [-0.1, -0.05) is 13.8 Å². The fourth-order valence-electron chi connectivity index (χ4n) is 2.08. The minimum atomic E-state index is -0.810. The molecule has 0 unspecified atom stereocenters. The molecule has 1 saturated heterocycles. The van der Waals surface area contributed by atoms with Crippen LogP contribution in [0.4, 0.5) is 0 Å². The molecule has 0 radical (unpaired) electrons. The number of aromatic nitrogens is 1. The Kier molecular flexibility index (Phi) is 4.23. The molecule has 106 valence electrons. The van der Waals surface area contributed by atoms with Crippen LogP contribution in [-0.4, -0.2) is 41.2 Å². The zero-order valence-electron chi connectivity index (χ0n) is 11.6. The van der Waals surface area contributed by atoms with E-state index >= 15 is 0 Å². The molecule has 1 fully saturated rings. The number of nitrogens with one attached hydrogen (secondary N) is 2. The molecule has 2 heterocycles. The fourth-order valence-corrected chi connectivity index (χ4v) is 3.07. The van der Waals surface area contributed by atoms with Gasteiger partial charge in [-0.3, -0.25) is 4.79 Å². The van der Waals surface area contributed by atoms with Crippen molar-refractivity contribution in [1.82, 2.24) is 15.6 Å². The van der Waals surface area contributed by atoms with Crippen LogP contribution >= 0.6 is 11.3 Å². The van der Waals surface area contributed by atoms with Gasteiger partial charge in [0.05, 0.1) is 16.3 Å². The molecular formula is C13H21N3O2S. The lowest BCUT2D eigenvalue weighted by Crippen LogP contribution is -2.44. The van der Waals surface area contributed by atoms with Crippen LogP contribution in [0.1, 0.15) is 46.6 Å². The molecule has 2 rings (SSSR count). The molecule has 1 amide bonds. The highest BCUT2D eigenvalue weighted by Crippen LogP contribution is 2.24. The number of hydrogen-bond donors (Lipinski definition) is 3. The summed E-state index contributed by atoms with van der Waals surface area (Å²) in [5.74, 6) is 0.190. The average molecular weight is 283 g/mol. The molecule has 1 aromatic heterocycles. The van der Waals surface area contributed by atoms with Crippen molar-refractivity contribution in [2.75, 3.05) is 19.6 Å². The molecule has 0 spiro atoms. The van der Waals surface area contributed by atoms with Crippen molar-refractivity contribution >= 4 is 17.2 Å². The highest BCUT2D eigenvalue weighted by molar-refractivity contribution is 7.13. The molecule has 19 heavy (non-hydrogen) atoms. The number of aryl methyl sites for hydroxylation is 1. The summed E-state index contributed by atoms with van der Waals surface area (Å²) < 4.78 is 0. The first kappa shape index (κ1) is 14.4. The van der Waals surface area contributed by atoms with Crippen LogP contribution in [0, 0.1) is 6.92 Å². The van der Waals surface area contributed by atoms with Crippen LogP contribution < -0.4 is 10.6 Å². The number of carbonyl (C=O) groups excluding carboxylic acids is 1. The molecule has 1 aliphatic rings. The number of nitrogens with zero attached hydrogens (tertiary/aromatic N) is 1. The van der Waals surface area contributed by atoms with Gasteiger partial charge in [0, 0.05) is 19.0 Å². The summed E-state index contributed by atoms with van der Waals surface area (Å²) in [6.45, 7) is 7.59. The Morgan fingerprint density at radius 3 is 2.89 bits per heavy atom. The Hall–Kier alpha value is -0.980. The van der Waals surface area contributed by atoms with Gasteiger partial charge in [-0.05, 0) is 19.9 Å². The predicted octanol–water partition coefficient (Wildman–Crippen LogP) is 1.03. The molecule has 0 saturated carbocycles. The fraction of sp³-hybridized carbons (Fsp3) is 0.692. The molecule has 0 aliphatic carbocycles. The van der Waals surface area contributed by atoms with Gasteiger partial charge in [-0.25, -0.2) is 4.98 Å². The van der Waals surface area contributed by atoms with Gasteiger partial charge in [0.15, 0.2) is 0 Å². The second-order valence-corrected chi connectivity index (χ2v) is 6.49. The van der Waals surface area contributed by atoms with E-state index in [2.05, 4.69) is 29.5 Å². The summed E-state index contributed by atoms with van der Waals surface area (Å²) in [5, 5.41) is 17.0. The number of hydrogen-bond acceptors (Lipinski definition) is 5. The first-order valence-electron chi connectivity index (χ1n) is 6.60. The van der Waals surface area contributed by atoms with Gasteiger partial charge in [0.1, 0.15) is 4.88 Å². The Morgan fingerprint density at radius 1 is 1.63 bits per heavy atom. The predicted molar refractivity (Wildman–Crippen MR) is 75.7 cm³/mol. The van der Waals surface area contributed by atoms with E-state index in [-0.39, 0.29) is 12.5 Å². The summed E-state index contributed by atoms with van der Waals surface area (Å²) in [5.41, 5.74) is -0.0440. The summed E-state index contributed by atoms with van der Waals surface area (Å²) in [6, 6.07) is 0. The minimum absolute atomic E-state index is 0.137. The molecule has 1 atom stereocenters. The van der Waals surface area contributed by atoms with Crippen molar-refractivity contribution in [2.45, 2.75) is 38.7 Å². The second-order valence-electron chi connectivity index (χ2n) is 5.46. The second kappa shape index (κ2) is 5.56. The smallest absolute Gasteiger partial charge is 0.263 e. The van der Waals surface area contributed by atoms with E-state index in [0.717, 1.165) is 17.2 Å². The van der Waals surface area contributed by atoms with Crippen LogP contribution in [0.25, 0.3) is 0 Å². The third-order valence-corrected chi connectivity index (χ3v) is 4.77. The average Bonchev–Trinajstić information content (AvgIpc) is 2.93. The van der Waals surface area contributed by atoms with E-state index in [9.17, 15) is 9.90 Å². The van der Waals surface area contributed by atoms with Crippen LogP contribution in [-0.2, 0) is 0 Å². The molecule has 0 bridgehead atoms. The number of carbonyl (C=O) groups is 1. The number of aliphatic hydroxyl groups is 1. The summed E-state index contributed by atoms with van der Waals surface area (Å²) in [4.78, 5) is 17.2. The normalized spacial score (nSPS) is 23.0. The van der Waals surface area contributed by atoms with Crippen molar-refractivity contribution in [1.29, 1.82) is 0 Å². The maximum atomic E-state index is 12.1. The highest BCUT2D eigenvalue weighted by atomic mass is 32.1. The van der Waals surface area contributed by atoms with E-state index < -0.39 is 5.60 Å². The Morgan fingerprint density at radius 2 is 2.37 bits per heavy atom. The number of thiazole rings is 1. The van der Waals surface area contributed by atoms with Gasteiger partial charge < -0.3 is 15.7 Å². The van der Waals surface area contributed by atoms with Crippen LogP contribution in [0.3, 0.4) is 0 Å². The third-order valence-electron chi connectivity index (χ3n) is 3.31. The molecule has 0 aromatic carbocycles. The Bertz CT molecular complexity index is 464. The third kappa shape index (κ3) is 3.32. The first-order chi connectivity index (χ1) is 8.91. The van der Waals surface area contributed by atoms with E-state index in [1.54, 1.807) is 0 Å². The minimum Gasteiger partial charge on any atom is -0.387 e. The van der Waals surface area contributed by atoms with Crippen LogP contribution in [0.5, 0.6) is 0 Å². The van der Waals surface area contributed by atoms with E-state index in [1.807, 2.05) is 6.92 Å².